The van der Waals surface area contributed by atoms with Gasteiger partial charge < -0.3 is 5.11 Å². The Bertz CT molecular complexity index is 342. The minimum absolute atomic E-state index is 0.173. The molecule has 1 N–H and O–H groups in total. The van der Waals surface area contributed by atoms with Crippen molar-refractivity contribution in [3.8, 4) is 0 Å². The lowest BCUT2D eigenvalue weighted by Gasteiger charge is -2.54. The van der Waals surface area contributed by atoms with Gasteiger partial charge in [-0.05, 0) is 26.3 Å². The van der Waals surface area contributed by atoms with Crippen molar-refractivity contribution in [2.45, 2.75) is 32.4 Å². The first-order chi connectivity index (χ1) is 7.54. The third kappa shape index (κ3) is 2.00. The standard InChI is InChI=1S/C14H21NO/c1-14(2,3)15-9-12(10-16)13(15)11-7-5-4-6-8-11/h4-8,12-13,16H,9-10H2,1-3H3/t12-,13-/m0/s1. The zero-order chi connectivity index (χ0) is 11.8. The second kappa shape index (κ2) is 4.19. The van der Waals surface area contributed by atoms with E-state index in [0.29, 0.717) is 12.0 Å². The summed E-state index contributed by atoms with van der Waals surface area (Å²) in [4.78, 5) is 2.46. The highest BCUT2D eigenvalue weighted by Crippen LogP contribution is 2.42. The van der Waals surface area contributed by atoms with Crippen LogP contribution in [0.15, 0.2) is 30.3 Å². The average molecular weight is 219 g/mol. The average Bonchev–Trinajstić information content (AvgIpc) is 2.16. The molecule has 2 rings (SSSR count). The maximum absolute atomic E-state index is 9.37. The van der Waals surface area contributed by atoms with Gasteiger partial charge in [0, 0.05) is 30.7 Å². The molecule has 1 heterocycles. The highest BCUT2D eigenvalue weighted by atomic mass is 16.3. The maximum Gasteiger partial charge on any atom is 0.0489 e. The quantitative estimate of drug-likeness (QED) is 0.826. The van der Waals surface area contributed by atoms with Gasteiger partial charge in [-0.3, -0.25) is 4.90 Å². The number of hydrogen-bond acceptors (Lipinski definition) is 2. The van der Waals surface area contributed by atoms with E-state index in [2.05, 4.69) is 49.9 Å². The van der Waals surface area contributed by atoms with E-state index >= 15 is 0 Å². The van der Waals surface area contributed by atoms with Crippen molar-refractivity contribution in [3.05, 3.63) is 35.9 Å². The van der Waals surface area contributed by atoms with Crippen molar-refractivity contribution in [2.24, 2.45) is 5.92 Å². The first kappa shape index (κ1) is 11.6. The zero-order valence-corrected chi connectivity index (χ0v) is 10.4. The normalized spacial score (nSPS) is 26.5. The van der Waals surface area contributed by atoms with Crippen LogP contribution in [-0.4, -0.2) is 28.7 Å². The number of rotatable bonds is 2. The van der Waals surface area contributed by atoms with Crippen molar-refractivity contribution in [1.82, 2.24) is 4.90 Å². The second-order valence-corrected chi connectivity index (χ2v) is 5.62. The Balaban J connectivity index is 2.22. The predicted octanol–water partition coefficient (Wildman–Crippen LogP) is 2.45. The van der Waals surface area contributed by atoms with Crippen LogP contribution in [0.25, 0.3) is 0 Å². The van der Waals surface area contributed by atoms with Crippen molar-refractivity contribution in [3.63, 3.8) is 0 Å². The molecule has 1 aliphatic rings. The van der Waals surface area contributed by atoms with E-state index in [4.69, 9.17) is 0 Å². The Morgan fingerprint density at radius 2 is 1.88 bits per heavy atom. The highest BCUT2D eigenvalue weighted by Gasteiger charge is 2.44. The van der Waals surface area contributed by atoms with E-state index in [1.54, 1.807) is 0 Å². The van der Waals surface area contributed by atoms with E-state index in [1.807, 2.05) is 6.07 Å². The SMILES string of the molecule is CC(C)(C)N1C[C@@H](CO)[C@@H]1c1ccccc1. The van der Waals surface area contributed by atoms with E-state index in [-0.39, 0.29) is 12.1 Å². The van der Waals surface area contributed by atoms with Crippen LogP contribution in [0.1, 0.15) is 32.4 Å². The van der Waals surface area contributed by atoms with Crippen LogP contribution >= 0.6 is 0 Å². The molecule has 1 aliphatic heterocycles. The molecule has 2 nitrogen and oxygen atoms in total. The second-order valence-electron chi connectivity index (χ2n) is 5.62. The summed E-state index contributed by atoms with van der Waals surface area (Å²) >= 11 is 0. The van der Waals surface area contributed by atoms with Crippen LogP contribution in [0.2, 0.25) is 0 Å². The molecule has 88 valence electrons. The molecule has 1 fully saturated rings. The van der Waals surface area contributed by atoms with Crippen molar-refractivity contribution < 1.29 is 5.11 Å². The van der Waals surface area contributed by atoms with Gasteiger partial charge >= 0.3 is 0 Å². The lowest BCUT2D eigenvalue weighted by atomic mass is 9.80. The molecule has 0 unspecified atom stereocenters. The Hall–Kier alpha value is -0.860. The van der Waals surface area contributed by atoms with E-state index in [9.17, 15) is 5.11 Å². The largest absolute Gasteiger partial charge is 0.396 e. The lowest BCUT2D eigenvalue weighted by molar-refractivity contribution is -0.0760. The summed E-state index contributed by atoms with van der Waals surface area (Å²) in [7, 11) is 0. The fourth-order valence-electron chi connectivity index (χ4n) is 2.53. The molecule has 0 aliphatic carbocycles. The summed E-state index contributed by atoms with van der Waals surface area (Å²) in [5.41, 5.74) is 1.49. The van der Waals surface area contributed by atoms with Gasteiger partial charge in [0.05, 0.1) is 0 Å². The summed E-state index contributed by atoms with van der Waals surface area (Å²) in [6, 6.07) is 10.9. The Kier molecular flexibility index (Phi) is 3.04. The zero-order valence-electron chi connectivity index (χ0n) is 10.4. The highest BCUT2D eigenvalue weighted by molar-refractivity contribution is 5.23. The molecule has 0 spiro atoms. The fourth-order valence-corrected chi connectivity index (χ4v) is 2.53. The minimum atomic E-state index is 0.173. The molecule has 2 atom stereocenters. The van der Waals surface area contributed by atoms with Gasteiger partial charge in [-0.1, -0.05) is 30.3 Å². The monoisotopic (exact) mass is 219 g/mol. The van der Waals surface area contributed by atoms with Crippen LogP contribution in [0, 0.1) is 5.92 Å². The lowest BCUT2D eigenvalue weighted by Crippen LogP contribution is -2.58. The Labute approximate surface area is 97.9 Å². The number of aliphatic hydroxyl groups is 1. The predicted molar refractivity (Wildman–Crippen MR) is 66.2 cm³/mol. The van der Waals surface area contributed by atoms with E-state index in [0.717, 1.165) is 6.54 Å². The third-order valence-electron chi connectivity index (χ3n) is 3.45. The molecule has 0 radical (unpaired) electrons. The molecule has 0 bridgehead atoms. The number of benzene rings is 1. The molecule has 0 aromatic heterocycles. The van der Waals surface area contributed by atoms with Crippen LogP contribution in [0.4, 0.5) is 0 Å². The minimum Gasteiger partial charge on any atom is -0.396 e. The molecule has 16 heavy (non-hydrogen) atoms. The van der Waals surface area contributed by atoms with Crippen LogP contribution in [0.5, 0.6) is 0 Å². The topological polar surface area (TPSA) is 23.5 Å². The summed E-state index contributed by atoms with van der Waals surface area (Å²) in [5, 5.41) is 9.37. The van der Waals surface area contributed by atoms with Gasteiger partial charge in [-0.2, -0.15) is 0 Å². The van der Waals surface area contributed by atoms with Crippen LogP contribution in [-0.2, 0) is 0 Å². The molecule has 1 aromatic rings. The molecule has 2 heteroatoms. The molecule has 0 amide bonds. The Morgan fingerprint density at radius 1 is 1.25 bits per heavy atom. The summed E-state index contributed by atoms with van der Waals surface area (Å²) in [6.45, 7) is 7.98. The summed E-state index contributed by atoms with van der Waals surface area (Å²) in [5.74, 6) is 0.390. The van der Waals surface area contributed by atoms with Gasteiger partial charge in [-0.25, -0.2) is 0 Å². The molecular formula is C14H21NO. The van der Waals surface area contributed by atoms with Crippen LogP contribution < -0.4 is 0 Å². The van der Waals surface area contributed by atoms with Gasteiger partial charge in [0.25, 0.3) is 0 Å². The summed E-state index contributed by atoms with van der Waals surface area (Å²) in [6.07, 6.45) is 0. The maximum atomic E-state index is 9.37. The first-order valence-corrected chi connectivity index (χ1v) is 5.96. The van der Waals surface area contributed by atoms with Crippen molar-refractivity contribution in [1.29, 1.82) is 0 Å². The smallest absolute Gasteiger partial charge is 0.0489 e. The number of aliphatic hydroxyl groups excluding tert-OH is 1. The number of hydrogen-bond donors (Lipinski definition) is 1. The molecule has 1 aromatic carbocycles. The van der Waals surface area contributed by atoms with Gasteiger partial charge in [0.1, 0.15) is 0 Å². The van der Waals surface area contributed by atoms with Gasteiger partial charge in [0.15, 0.2) is 0 Å². The molecule has 1 saturated heterocycles. The number of nitrogens with zero attached hydrogens (tertiary/aromatic N) is 1. The van der Waals surface area contributed by atoms with Crippen molar-refractivity contribution in [2.75, 3.05) is 13.2 Å². The Morgan fingerprint density at radius 3 is 2.38 bits per heavy atom. The fraction of sp³-hybridized carbons (Fsp3) is 0.571. The third-order valence-corrected chi connectivity index (χ3v) is 3.45. The molecule has 0 saturated carbocycles. The van der Waals surface area contributed by atoms with Gasteiger partial charge in [-0.15, -0.1) is 0 Å². The molecular weight excluding hydrogens is 198 g/mol. The number of likely N-dealkylation sites (tertiary alicyclic amines) is 1. The van der Waals surface area contributed by atoms with Crippen LogP contribution in [0.3, 0.4) is 0 Å². The van der Waals surface area contributed by atoms with Crippen molar-refractivity contribution >= 4 is 0 Å². The van der Waals surface area contributed by atoms with E-state index < -0.39 is 0 Å². The summed E-state index contributed by atoms with van der Waals surface area (Å²) < 4.78 is 0. The van der Waals surface area contributed by atoms with Gasteiger partial charge in [0.2, 0.25) is 0 Å². The first-order valence-electron chi connectivity index (χ1n) is 5.96. The van der Waals surface area contributed by atoms with E-state index in [1.165, 1.54) is 5.56 Å².